The summed E-state index contributed by atoms with van der Waals surface area (Å²) in [6.07, 6.45) is -0.234. The molecule has 0 radical (unpaired) electrons. The van der Waals surface area contributed by atoms with Gasteiger partial charge in [-0.15, -0.1) is 0 Å². The standard InChI is InChI=1S/C20H21NO6/c22-18(13-16-9-4-5-10-17(16)19(23)24)26-12-6-11-21-20(25)27-14-15-7-2-1-3-8-15/h1-5,7-10H,6,11-14H2,(H,21,25)(H,23,24). The second-order valence-corrected chi connectivity index (χ2v) is 5.70. The van der Waals surface area contributed by atoms with Gasteiger partial charge < -0.3 is 19.9 Å². The lowest BCUT2D eigenvalue weighted by molar-refractivity contribution is -0.142. The SMILES string of the molecule is O=C(Cc1ccccc1C(=O)O)OCCCNC(=O)OCc1ccccc1. The van der Waals surface area contributed by atoms with Crippen LogP contribution in [-0.2, 0) is 27.3 Å². The summed E-state index contributed by atoms with van der Waals surface area (Å²) in [7, 11) is 0. The third-order valence-electron chi connectivity index (χ3n) is 3.65. The number of hydrogen-bond acceptors (Lipinski definition) is 5. The van der Waals surface area contributed by atoms with Crippen LogP contribution in [0.2, 0.25) is 0 Å². The van der Waals surface area contributed by atoms with E-state index in [1.165, 1.54) is 6.07 Å². The molecule has 7 heteroatoms. The van der Waals surface area contributed by atoms with E-state index in [1.807, 2.05) is 30.3 Å². The molecule has 0 saturated heterocycles. The number of carbonyl (C=O) groups excluding carboxylic acids is 2. The monoisotopic (exact) mass is 371 g/mol. The third kappa shape index (κ3) is 7.19. The molecule has 0 aliphatic rings. The van der Waals surface area contributed by atoms with Gasteiger partial charge in [0, 0.05) is 6.54 Å². The van der Waals surface area contributed by atoms with Crippen molar-refractivity contribution in [2.75, 3.05) is 13.2 Å². The first-order valence-corrected chi connectivity index (χ1v) is 8.47. The number of aromatic carboxylic acids is 1. The highest BCUT2D eigenvalue weighted by molar-refractivity contribution is 5.91. The van der Waals surface area contributed by atoms with Crippen LogP contribution in [0.1, 0.15) is 27.9 Å². The first-order chi connectivity index (χ1) is 13.1. The van der Waals surface area contributed by atoms with Crippen molar-refractivity contribution in [1.29, 1.82) is 0 Å². The Balaban J connectivity index is 1.60. The Bertz CT molecular complexity index is 775. The summed E-state index contributed by atoms with van der Waals surface area (Å²) >= 11 is 0. The van der Waals surface area contributed by atoms with Gasteiger partial charge in [-0.3, -0.25) is 4.79 Å². The van der Waals surface area contributed by atoms with Crippen LogP contribution in [0, 0.1) is 0 Å². The molecule has 0 bridgehead atoms. The fraction of sp³-hybridized carbons (Fsp3) is 0.250. The number of ether oxygens (including phenoxy) is 2. The highest BCUT2D eigenvalue weighted by Gasteiger charge is 2.13. The average molecular weight is 371 g/mol. The van der Waals surface area contributed by atoms with Crippen molar-refractivity contribution in [2.24, 2.45) is 0 Å². The van der Waals surface area contributed by atoms with Crippen LogP contribution in [0.3, 0.4) is 0 Å². The lowest BCUT2D eigenvalue weighted by atomic mass is 10.1. The van der Waals surface area contributed by atoms with Crippen molar-refractivity contribution >= 4 is 18.0 Å². The first kappa shape index (κ1) is 20.0. The summed E-state index contributed by atoms with van der Waals surface area (Å²) in [5.41, 5.74) is 1.37. The van der Waals surface area contributed by atoms with Gasteiger partial charge in [0.15, 0.2) is 0 Å². The second kappa shape index (κ2) is 10.6. The van der Waals surface area contributed by atoms with E-state index >= 15 is 0 Å². The van der Waals surface area contributed by atoms with E-state index in [0.717, 1.165) is 5.56 Å². The minimum absolute atomic E-state index is 0.0808. The summed E-state index contributed by atoms with van der Waals surface area (Å²) in [5, 5.41) is 11.7. The van der Waals surface area contributed by atoms with Gasteiger partial charge in [-0.2, -0.15) is 0 Å². The van der Waals surface area contributed by atoms with Crippen molar-refractivity contribution in [2.45, 2.75) is 19.4 Å². The molecule has 0 fully saturated rings. The van der Waals surface area contributed by atoms with Crippen LogP contribution in [-0.4, -0.2) is 36.3 Å². The molecule has 0 heterocycles. The minimum Gasteiger partial charge on any atom is -0.478 e. The second-order valence-electron chi connectivity index (χ2n) is 5.70. The molecule has 142 valence electrons. The molecular formula is C20H21NO6. The number of alkyl carbamates (subject to hydrolysis) is 1. The Morgan fingerprint density at radius 1 is 0.926 bits per heavy atom. The van der Waals surface area contributed by atoms with E-state index in [4.69, 9.17) is 14.6 Å². The minimum atomic E-state index is -1.09. The van der Waals surface area contributed by atoms with E-state index in [9.17, 15) is 14.4 Å². The van der Waals surface area contributed by atoms with Crippen LogP contribution in [0.15, 0.2) is 54.6 Å². The van der Waals surface area contributed by atoms with Crippen LogP contribution in [0.25, 0.3) is 0 Å². The Kier molecular flexibility index (Phi) is 7.84. The van der Waals surface area contributed by atoms with Gasteiger partial charge in [0.2, 0.25) is 0 Å². The van der Waals surface area contributed by atoms with Crippen molar-refractivity contribution in [3.05, 3.63) is 71.3 Å². The molecule has 0 aliphatic carbocycles. The predicted molar refractivity (Wildman–Crippen MR) is 97.3 cm³/mol. The quantitative estimate of drug-likeness (QED) is 0.519. The molecule has 0 atom stereocenters. The van der Waals surface area contributed by atoms with Gasteiger partial charge in [0.1, 0.15) is 6.61 Å². The summed E-state index contributed by atoms with van der Waals surface area (Å²) in [4.78, 5) is 34.5. The van der Waals surface area contributed by atoms with Crippen molar-refractivity contribution in [3.63, 3.8) is 0 Å². The van der Waals surface area contributed by atoms with Gasteiger partial charge in [-0.25, -0.2) is 9.59 Å². The zero-order valence-corrected chi connectivity index (χ0v) is 14.7. The van der Waals surface area contributed by atoms with Gasteiger partial charge in [-0.05, 0) is 23.6 Å². The molecule has 2 aromatic rings. The molecule has 2 aromatic carbocycles. The Labute approximate surface area is 156 Å². The molecular weight excluding hydrogens is 350 g/mol. The Morgan fingerprint density at radius 2 is 1.63 bits per heavy atom. The zero-order chi connectivity index (χ0) is 19.5. The Hall–Kier alpha value is -3.35. The summed E-state index contributed by atoms with van der Waals surface area (Å²) in [6, 6.07) is 15.6. The number of nitrogens with one attached hydrogen (secondary N) is 1. The molecule has 2 N–H and O–H groups in total. The fourth-order valence-corrected chi connectivity index (χ4v) is 2.31. The number of esters is 1. The number of hydrogen-bond donors (Lipinski definition) is 2. The predicted octanol–water partition coefficient (Wildman–Crippen LogP) is 2.79. The maximum Gasteiger partial charge on any atom is 0.407 e. The molecule has 1 amide bonds. The van der Waals surface area contributed by atoms with E-state index in [2.05, 4.69) is 5.32 Å². The van der Waals surface area contributed by atoms with E-state index in [0.29, 0.717) is 18.5 Å². The van der Waals surface area contributed by atoms with Crippen LogP contribution >= 0.6 is 0 Å². The van der Waals surface area contributed by atoms with Crippen LogP contribution in [0.4, 0.5) is 4.79 Å². The Morgan fingerprint density at radius 3 is 2.37 bits per heavy atom. The average Bonchev–Trinajstić information content (AvgIpc) is 2.67. The highest BCUT2D eigenvalue weighted by atomic mass is 16.5. The topological polar surface area (TPSA) is 102 Å². The smallest absolute Gasteiger partial charge is 0.407 e. The number of amides is 1. The number of benzene rings is 2. The van der Waals surface area contributed by atoms with E-state index < -0.39 is 18.0 Å². The number of rotatable bonds is 9. The van der Waals surface area contributed by atoms with Gasteiger partial charge in [-0.1, -0.05) is 48.5 Å². The molecule has 27 heavy (non-hydrogen) atoms. The van der Waals surface area contributed by atoms with Crippen molar-refractivity contribution < 1.29 is 29.0 Å². The maximum atomic E-state index is 11.8. The first-order valence-electron chi connectivity index (χ1n) is 8.47. The van der Waals surface area contributed by atoms with Gasteiger partial charge in [0.05, 0.1) is 18.6 Å². The normalized spacial score (nSPS) is 10.1. The summed E-state index contributed by atoms with van der Waals surface area (Å²) < 4.78 is 10.1. The lowest BCUT2D eigenvalue weighted by Gasteiger charge is -2.08. The highest BCUT2D eigenvalue weighted by Crippen LogP contribution is 2.10. The third-order valence-corrected chi connectivity index (χ3v) is 3.65. The van der Waals surface area contributed by atoms with Crippen molar-refractivity contribution in [3.8, 4) is 0 Å². The summed E-state index contributed by atoms with van der Waals surface area (Å²) in [5.74, 6) is -1.60. The fourth-order valence-electron chi connectivity index (χ4n) is 2.31. The largest absolute Gasteiger partial charge is 0.478 e. The molecule has 7 nitrogen and oxygen atoms in total. The molecule has 0 aromatic heterocycles. The van der Waals surface area contributed by atoms with E-state index in [1.54, 1.807) is 18.2 Å². The van der Waals surface area contributed by atoms with E-state index in [-0.39, 0.29) is 25.2 Å². The lowest BCUT2D eigenvalue weighted by Crippen LogP contribution is -2.26. The maximum absolute atomic E-state index is 11.8. The molecule has 2 rings (SSSR count). The molecule has 0 spiro atoms. The van der Waals surface area contributed by atoms with Gasteiger partial charge >= 0.3 is 18.0 Å². The number of carboxylic acids is 1. The van der Waals surface area contributed by atoms with Crippen LogP contribution < -0.4 is 5.32 Å². The number of carbonyl (C=O) groups is 3. The molecule has 0 unspecified atom stereocenters. The van der Waals surface area contributed by atoms with Gasteiger partial charge in [0.25, 0.3) is 0 Å². The molecule has 0 saturated carbocycles. The zero-order valence-electron chi connectivity index (χ0n) is 14.7. The summed E-state index contributed by atoms with van der Waals surface area (Å²) in [6.45, 7) is 0.601. The number of carboxylic acid groups (broad SMARTS) is 1. The van der Waals surface area contributed by atoms with Crippen LogP contribution in [0.5, 0.6) is 0 Å². The van der Waals surface area contributed by atoms with Crippen molar-refractivity contribution in [1.82, 2.24) is 5.32 Å². The molecule has 0 aliphatic heterocycles.